The molecule has 0 unspecified atom stereocenters. The van der Waals surface area contributed by atoms with Gasteiger partial charge in [-0.1, -0.05) is 43.3 Å². The van der Waals surface area contributed by atoms with Gasteiger partial charge in [0.25, 0.3) is 5.91 Å². The van der Waals surface area contributed by atoms with Crippen LogP contribution in [0.25, 0.3) is 0 Å². The predicted octanol–water partition coefficient (Wildman–Crippen LogP) is 2.96. The summed E-state index contributed by atoms with van der Waals surface area (Å²) in [5.41, 5.74) is 7.92. The van der Waals surface area contributed by atoms with Crippen LogP contribution < -0.4 is 16.4 Å². The number of carbonyl (C=O) groups is 3. The first-order valence-electron chi connectivity index (χ1n) is 9.04. The first-order valence-corrected chi connectivity index (χ1v) is 9.04. The van der Waals surface area contributed by atoms with E-state index < -0.39 is 0 Å². The van der Waals surface area contributed by atoms with Gasteiger partial charge in [-0.2, -0.15) is 0 Å². The molecule has 2 aromatic carbocycles. The van der Waals surface area contributed by atoms with E-state index in [1.54, 1.807) is 36.4 Å². The largest absolute Gasteiger partial charge is 0.351 e. The van der Waals surface area contributed by atoms with Gasteiger partial charge in [0.15, 0.2) is 5.78 Å². The number of Topliss-reactive ketones (excluding diaryl/α,β-unsaturated/α-hetero) is 1. The summed E-state index contributed by atoms with van der Waals surface area (Å²) in [6.07, 6.45) is 1.07. The van der Waals surface area contributed by atoms with Crippen molar-refractivity contribution >= 4 is 35.7 Å². The Hall–Kier alpha value is -2.70. The Morgan fingerprint density at radius 3 is 2.29 bits per heavy atom. The van der Waals surface area contributed by atoms with Gasteiger partial charge in [0.2, 0.25) is 5.91 Å². The highest BCUT2D eigenvalue weighted by atomic mass is 35.5. The number of rotatable bonds is 9. The van der Waals surface area contributed by atoms with Crippen molar-refractivity contribution in [3.05, 3.63) is 65.2 Å². The van der Waals surface area contributed by atoms with Gasteiger partial charge in [0.05, 0.1) is 11.3 Å². The predicted molar refractivity (Wildman–Crippen MR) is 113 cm³/mol. The fourth-order valence-electron chi connectivity index (χ4n) is 2.58. The highest BCUT2D eigenvalue weighted by Gasteiger charge is 2.14. The van der Waals surface area contributed by atoms with E-state index in [9.17, 15) is 14.4 Å². The summed E-state index contributed by atoms with van der Waals surface area (Å²) in [4.78, 5) is 36.6. The summed E-state index contributed by atoms with van der Waals surface area (Å²) in [6, 6.07) is 14.1. The summed E-state index contributed by atoms with van der Waals surface area (Å²) >= 11 is 0. The molecule has 150 valence electrons. The molecule has 0 aromatic heterocycles. The Kier molecular flexibility index (Phi) is 9.92. The number of benzene rings is 2. The molecule has 0 radical (unpaired) electrons. The molecule has 0 bridgehead atoms. The topological polar surface area (TPSA) is 101 Å². The molecule has 2 amide bonds. The first kappa shape index (κ1) is 23.3. The summed E-state index contributed by atoms with van der Waals surface area (Å²) in [6.45, 7) is 2.74. The summed E-state index contributed by atoms with van der Waals surface area (Å²) in [7, 11) is 0. The molecule has 2 aromatic rings. The maximum atomic E-state index is 12.2. The lowest BCUT2D eigenvalue weighted by atomic mass is 10.0. The number of nitrogens with one attached hydrogen (secondary N) is 2. The number of nitrogens with two attached hydrogens (primary N) is 1. The van der Waals surface area contributed by atoms with Crippen molar-refractivity contribution in [2.75, 3.05) is 18.4 Å². The van der Waals surface area contributed by atoms with Crippen LogP contribution in [0.5, 0.6) is 0 Å². The third-order valence-corrected chi connectivity index (χ3v) is 4.14. The summed E-state index contributed by atoms with van der Waals surface area (Å²) < 4.78 is 0. The molecular formula is C21H26ClN3O3. The third-order valence-electron chi connectivity index (χ3n) is 4.14. The second kappa shape index (κ2) is 11.9. The minimum Gasteiger partial charge on any atom is -0.351 e. The maximum absolute atomic E-state index is 12.2. The molecule has 0 fully saturated rings. The van der Waals surface area contributed by atoms with Crippen LogP contribution in [0.4, 0.5) is 5.69 Å². The maximum Gasteiger partial charge on any atom is 0.253 e. The van der Waals surface area contributed by atoms with Gasteiger partial charge in [-0.25, -0.2) is 0 Å². The van der Waals surface area contributed by atoms with Crippen LogP contribution in [0.15, 0.2) is 48.5 Å². The van der Waals surface area contributed by atoms with Crippen molar-refractivity contribution in [3.63, 3.8) is 0 Å². The molecule has 28 heavy (non-hydrogen) atoms. The quantitative estimate of drug-likeness (QED) is 0.560. The smallest absolute Gasteiger partial charge is 0.253 e. The average Bonchev–Trinajstić information content (AvgIpc) is 2.70. The lowest BCUT2D eigenvalue weighted by Crippen LogP contribution is -2.30. The molecule has 0 saturated carbocycles. The number of amides is 2. The van der Waals surface area contributed by atoms with E-state index in [0.29, 0.717) is 29.9 Å². The SMILES string of the molecule is CCc1ccc(C(=O)CCC(=O)Nc2ccccc2C(=O)NCCN)cc1.Cl. The molecular weight excluding hydrogens is 378 g/mol. The second-order valence-corrected chi connectivity index (χ2v) is 6.11. The van der Waals surface area contributed by atoms with Crippen LogP contribution >= 0.6 is 12.4 Å². The minimum atomic E-state index is -0.312. The van der Waals surface area contributed by atoms with Gasteiger partial charge in [-0.05, 0) is 24.1 Å². The normalized spacial score (nSPS) is 9.93. The van der Waals surface area contributed by atoms with E-state index in [1.165, 1.54) is 0 Å². The number of halogens is 1. The van der Waals surface area contributed by atoms with Crippen LogP contribution in [-0.4, -0.2) is 30.7 Å². The monoisotopic (exact) mass is 403 g/mol. The number of anilines is 1. The van der Waals surface area contributed by atoms with Gasteiger partial charge in [-0.15, -0.1) is 12.4 Å². The molecule has 0 spiro atoms. The number of ketones is 1. The third kappa shape index (κ3) is 6.79. The zero-order chi connectivity index (χ0) is 19.6. The number of aryl methyl sites for hydroxylation is 1. The highest BCUT2D eigenvalue weighted by molar-refractivity contribution is 6.05. The lowest BCUT2D eigenvalue weighted by molar-refractivity contribution is -0.116. The van der Waals surface area contributed by atoms with Crippen molar-refractivity contribution in [2.45, 2.75) is 26.2 Å². The van der Waals surface area contributed by atoms with E-state index in [-0.39, 0.29) is 42.8 Å². The van der Waals surface area contributed by atoms with E-state index >= 15 is 0 Å². The van der Waals surface area contributed by atoms with Crippen LogP contribution in [0.1, 0.15) is 46.0 Å². The molecule has 7 heteroatoms. The van der Waals surface area contributed by atoms with Crippen molar-refractivity contribution in [1.29, 1.82) is 0 Å². The first-order chi connectivity index (χ1) is 13.0. The summed E-state index contributed by atoms with van der Waals surface area (Å²) in [5.74, 6) is -0.696. The van der Waals surface area contributed by atoms with Crippen LogP contribution in [-0.2, 0) is 11.2 Å². The lowest BCUT2D eigenvalue weighted by Gasteiger charge is -2.11. The van der Waals surface area contributed by atoms with Gasteiger partial charge in [0.1, 0.15) is 0 Å². The van der Waals surface area contributed by atoms with Gasteiger partial charge in [-0.3, -0.25) is 14.4 Å². The zero-order valence-corrected chi connectivity index (χ0v) is 16.7. The molecule has 6 nitrogen and oxygen atoms in total. The number of para-hydroxylation sites is 1. The van der Waals surface area contributed by atoms with Crippen LogP contribution in [0.3, 0.4) is 0 Å². The van der Waals surface area contributed by atoms with Crippen molar-refractivity contribution < 1.29 is 14.4 Å². The van der Waals surface area contributed by atoms with E-state index in [1.807, 2.05) is 12.1 Å². The van der Waals surface area contributed by atoms with Gasteiger partial charge < -0.3 is 16.4 Å². The molecule has 0 aliphatic rings. The molecule has 0 saturated heterocycles. The molecule has 0 aliphatic carbocycles. The number of hydrogen-bond donors (Lipinski definition) is 3. The van der Waals surface area contributed by atoms with Crippen molar-refractivity contribution in [1.82, 2.24) is 5.32 Å². The van der Waals surface area contributed by atoms with Crippen molar-refractivity contribution in [2.24, 2.45) is 5.73 Å². The van der Waals surface area contributed by atoms with Crippen LogP contribution in [0.2, 0.25) is 0 Å². The summed E-state index contributed by atoms with van der Waals surface area (Å²) in [5, 5.41) is 5.38. The minimum absolute atomic E-state index is 0. The second-order valence-electron chi connectivity index (χ2n) is 6.11. The molecule has 0 aliphatic heterocycles. The van der Waals surface area contributed by atoms with Gasteiger partial charge >= 0.3 is 0 Å². The van der Waals surface area contributed by atoms with Crippen molar-refractivity contribution in [3.8, 4) is 0 Å². The average molecular weight is 404 g/mol. The molecule has 2 rings (SSSR count). The molecule has 0 atom stereocenters. The molecule has 0 heterocycles. The fourth-order valence-corrected chi connectivity index (χ4v) is 2.58. The standard InChI is InChI=1S/C21H25N3O3.ClH/c1-2-15-7-9-16(10-8-15)19(25)11-12-20(26)24-18-6-4-3-5-17(18)21(27)23-14-13-22;/h3-10H,2,11-14,22H2,1H3,(H,23,27)(H,24,26);1H. The Morgan fingerprint density at radius 2 is 1.64 bits per heavy atom. The number of carbonyl (C=O) groups excluding carboxylic acids is 3. The zero-order valence-electron chi connectivity index (χ0n) is 15.9. The highest BCUT2D eigenvalue weighted by Crippen LogP contribution is 2.16. The fraction of sp³-hybridized carbons (Fsp3) is 0.286. The van der Waals surface area contributed by atoms with E-state index in [2.05, 4.69) is 17.6 Å². The molecule has 4 N–H and O–H groups in total. The number of hydrogen-bond acceptors (Lipinski definition) is 4. The Bertz CT molecular complexity index is 807. The van der Waals surface area contributed by atoms with Gasteiger partial charge in [0, 0.05) is 31.5 Å². The Morgan fingerprint density at radius 1 is 0.964 bits per heavy atom. The van der Waals surface area contributed by atoms with E-state index in [0.717, 1.165) is 12.0 Å². The van der Waals surface area contributed by atoms with E-state index in [4.69, 9.17) is 5.73 Å². The Balaban J connectivity index is 0.00000392. The van der Waals surface area contributed by atoms with Crippen LogP contribution in [0, 0.1) is 0 Å². The Labute approximate surface area is 171 Å².